The molecule has 0 heteroatoms. The molecule has 0 radical (unpaired) electrons. The Bertz CT molecular complexity index is 738. The molecule has 1 atom stereocenters. The molecule has 0 nitrogen and oxygen atoms in total. The van der Waals surface area contributed by atoms with Crippen LogP contribution >= 0.6 is 0 Å². The Morgan fingerprint density at radius 2 is 1.64 bits per heavy atom. The first-order valence-corrected chi connectivity index (χ1v) is 11.3. The van der Waals surface area contributed by atoms with Crippen molar-refractivity contribution in [3.8, 4) is 0 Å². The van der Waals surface area contributed by atoms with Crippen molar-refractivity contribution in [2.24, 2.45) is 5.92 Å². The van der Waals surface area contributed by atoms with Crippen LogP contribution in [-0.2, 0) is 0 Å². The van der Waals surface area contributed by atoms with Gasteiger partial charge in [-0.15, -0.1) is 0 Å². The van der Waals surface area contributed by atoms with Crippen LogP contribution in [0.2, 0.25) is 0 Å². The molecule has 0 spiro atoms. The molecule has 2 rings (SSSR count). The molecular formula is C28H44. The quantitative estimate of drug-likeness (QED) is 0.350. The fraction of sp³-hybridized carbons (Fsp3) is 0.500. The van der Waals surface area contributed by atoms with Crippen LogP contribution in [0.5, 0.6) is 0 Å². The highest BCUT2D eigenvalue weighted by Crippen LogP contribution is 2.26. The van der Waals surface area contributed by atoms with Crippen LogP contribution < -0.4 is 10.4 Å². The maximum absolute atomic E-state index is 2.40. The molecule has 156 valence electrons. The molecule has 1 aliphatic rings. The highest BCUT2D eigenvalue weighted by Gasteiger charge is 2.15. The van der Waals surface area contributed by atoms with E-state index in [4.69, 9.17) is 0 Å². The van der Waals surface area contributed by atoms with Gasteiger partial charge in [0.2, 0.25) is 0 Å². The monoisotopic (exact) mass is 380 g/mol. The van der Waals surface area contributed by atoms with Gasteiger partial charge in [-0.05, 0) is 63.3 Å². The molecule has 0 saturated carbocycles. The van der Waals surface area contributed by atoms with Crippen LogP contribution in [0.4, 0.5) is 0 Å². The first-order valence-electron chi connectivity index (χ1n) is 11.3. The van der Waals surface area contributed by atoms with E-state index in [1.54, 1.807) is 5.57 Å². The maximum atomic E-state index is 2.40. The number of hydrogen-bond donors (Lipinski definition) is 0. The van der Waals surface area contributed by atoms with Crippen molar-refractivity contribution in [3.05, 3.63) is 70.2 Å². The Balaban J connectivity index is 0.00000108. The van der Waals surface area contributed by atoms with E-state index < -0.39 is 0 Å². The molecule has 1 aliphatic carbocycles. The van der Waals surface area contributed by atoms with Crippen molar-refractivity contribution >= 4 is 11.6 Å². The summed E-state index contributed by atoms with van der Waals surface area (Å²) < 4.78 is 0. The largest absolute Gasteiger partial charge is 0.0916 e. The average Bonchev–Trinajstić information content (AvgIpc) is 2.76. The summed E-state index contributed by atoms with van der Waals surface area (Å²) >= 11 is 0. The van der Waals surface area contributed by atoms with Crippen LogP contribution in [-0.4, -0.2) is 0 Å². The molecule has 0 bridgehead atoms. The zero-order valence-corrected chi connectivity index (χ0v) is 19.8. The zero-order valence-electron chi connectivity index (χ0n) is 19.8. The lowest BCUT2D eigenvalue weighted by Gasteiger charge is -2.21. The molecule has 1 aromatic carbocycles. The molecule has 0 N–H and O–H groups in total. The van der Waals surface area contributed by atoms with Crippen LogP contribution in [0.1, 0.15) is 87.5 Å². The minimum atomic E-state index is 0.640. The minimum Gasteiger partial charge on any atom is -0.0916 e. The van der Waals surface area contributed by atoms with Gasteiger partial charge in [-0.3, -0.25) is 0 Å². The lowest BCUT2D eigenvalue weighted by atomic mass is 9.84. The highest BCUT2D eigenvalue weighted by molar-refractivity contribution is 5.56. The summed E-state index contributed by atoms with van der Waals surface area (Å²) in [4.78, 5) is 0. The molecule has 0 saturated heterocycles. The highest BCUT2D eigenvalue weighted by atomic mass is 14.2. The summed E-state index contributed by atoms with van der Waals surface area (Å²) in [5, 5.41) is 2.86. The Hall–Kier alpha value is -1.82. The molecule has 1 aromatic rings. The summed E-state index contributed by atoms with van der Waals surface area (Å²) in [5.41, 5.74) is 4.37. The molecule has 0 amide bonds. The number of allylic oxidation sites excluding steroid dienone is 6. The van der Waals surface area contributed by atoms with Gasteiger partial charge in [-0.25, -0.2) is 0 Å². The van der Waals surface area contributed by atoms with E-state index in [-0.39, 0.29) is 0 Å². The van der Waals surface area contributed by atoms with Crippen molar-refractivity contribution in [1.82, 2.24) is 0 Å². The third-order valence-corrected chi connectivity index (χ3v) is 5.26. The first kappa shape index (κ1) is 26.2. The standard InChI is InChI=1S/C22H28.C4H10.C2H6/c1-5-7-10-19-14-15-20-11-8-9-12-21(20)22(19)16-13-18(4)17(3)6-2;1-3-4-2;1-2/h5-9,11-13,15,19H,10,14,16H2,1-4H3;3-4H2,1-2H3;1-2H3/b7-5?,17-6-,18-13-;;. The first-order chi connectivity index (χ1) is 13.6. The van der Waals surface area contributed by atoms with Gasteiger partial charge >= 0.3 is 0 Å². The molecule has 0 heterocycles. The third kappa shape index (κ3) is 8.91. The van der Waals surface area contributed by atoms with Crippen molar-refractivity contribution < 1.29 is 0 Å². The molecule has 0 aliphatic heterocycles. The van der Waals surface area contributed by atoms with Gasteiger partial charge in [0.05, 0.1) is 0 Å². The lowest BCUT2D eigenvalue weighted by molar-refractivity contribution is 0.686. The van der Waals surface area contributed by atoms with Crippen LogP contribution in [0.3, 0.4) is 0 Å². The van der Waals surface area contributed by atoms with Gasteiger partial charge in [-0.2, -0.15) is 0 Å². The van der Waals surface area contributed by atoms with Gasteiger partial charge in [0.1, 0.15) is 0 Å². The Labute approximate surface area is 175 Å². The fourth-order valence-electron chi connectivity index (χ4n) is 3.07. The summed E-state index contributed by atoms with van der Waals surface area (Å²) in [6.45, 7) is 17.0. The number of fused-ring (bicyclic) bond motifs is 1. The average molecular weight is 381 g/mol. The third-order valence-electron chi connectivity index (χ3n) is 5.26. The Morgan fingerprint density at radius 1 is 1.00 bits per heavy atom. The molecule has 0 fully saturated rings. The van der Waals surface area contributed by atoms with Crippen LogP contribution in [0.25, 0.3) is 11.6 Å². The fourth-order valence-corrected chi connectivity index (χ4v) is 3.07. The summed E-state index contributed by atoms with van der Waals surface area (Å²) in [7, 11) is 0. The van der Waals surface area contributed by atoms with Gasteiger partial charge in [0.15, 0.2) is 0 Å². The second-order valence-electron chi connectivity index (χ2n) is 7.12. The Kier molecular flexibility index (Phi) is 15.1. The van der Waals surface area contributed by atoms with E-state index in [2.05, 4.69) is 96.2 Å². The summed E-state index contributed by atoms with van der Waals surface area (Å²) in [6.07, 6.45) is 17.5. The second-order valence-corrected chi connectivity index (χ2v) is 7.12. The molecule has 28 heavy (non-hydrogen) atoms. The molecular weight excluding hydrogens is 336 g/mol. The van der Waals surface area contributed by atoms with Crippen LogP contribution in [0.15, 0.2) is 59.7 Å². The topological polar surface area (TPSA) is 0 Å². The van der Waals surface area contributed by atoms with E-state index in [0.29, 0.717) is 5.92 Å². The number of hydrogen-bond acceptors (Lipinski definition) is 0. The lowest BCUT2D eigenvalue weighted by Crippen LogP contribution is -2.32. The van der Waals surface area contributed by atoms with Crippen molar-refractivity contribution in [3.63, 3.8) is 0 Å². The van der Waals surface area contributed by atoms with E-state index in [1.165, 1.54) is 34.4 Å². The van der Waals surface area contributed by atoms with Gasteiger partial charge in [0, 0.05) is 0 Å². The zero-order chi connectivity index (χ0) is 21.4. The van der Waals surface area contributed by atoms with Crippen molar-refractivity contribution in [1.29, 1.82) is 0 Å². The van der Waals surface area contributed by atoms with Crippen LogP contribution in [0, 0.1) is 5.92 Å². The van der Waals surface area contributed by atoms with Crippen molar-refractivity contribution in [2.45, 2.75) is 87.5 Å². The predicted octanol–water partition coefficient (Wildman–Crippen LogP) is 7.74. The SMILES string of the molecule is CC.CC=CCC1CC=c2ccccc2=C1C/C=C(C)\C(C)=C/C.CCCC. The predicted molar refractivity (Wildman–Crippen MR) is 131 cm³/mol. The summed E-state index contributed by atoms with van der Waals surface area (Å²) in [6, 6.07) is 8.84. The molecule has 0 aromatic heterocycles. The number of unbranched alkanes of at least 4 members (excludes halogenated alkanes) is 1. The smallest absolute Gasteiger partial charge is 0.0121 e. The van der Waals surface area contributed by atoms with E-state index in [0.717, 1.165) is 19.3 Å². The van der Waals surface area contributed by atoms with E-state index >= 15 is 0 Å². The van der Waals surface area contributed by atoms with E-state index in [1.807, 2.05) is 13.8 Å². The number of rotatable bonds is 6. The van der Waals surface area contributed by atoms with E-state index in [9.17, 15) is 0 Å². The van der Waals surface area contributed by atoms with Crippen molar-refractivity contribution in [2.75, 3.05) is 0 Å². The van der Waals surface area contributed by atoms with Gasteiger partial charge in [-0.1, -0.05) is 112 Å². The maximum Gasteiger partial charge on any atom is -0.0121 e. The van der Waals surface area contributed by atoms with Gasteiger partial charge < -0.3 is 0 Å². The minimum absolute atomic E-state index is 0.640. The summed E-state index contributed by atoms with van der Waals surface area (Å²) in [5.74, 6) is 0.640. The Morgan fingerprint density at radius 3 is 2.21 bits per heavy atom. The normalized spacial score (nSPS) is 16.4. The van der Waals surface area contributed by atoms with Gasteiger partial charge in [0.25, 0.3) is 0 Å². The molecule has 1 unspecified atom stereocenters. The number of benzene rings is 1. The second kappa shape index (κ2) is 16.2.